The molecule has 23 rings (SSSR count). The highest BCUT2D eigenvalue weighted by Gasteiger charge is 2.53. The minimum Gasteiger partial charge on any atom is -0.398 e. The van der Waals surface area contributed by atoms with Gasteiger partial charge in [-0.2, -0.15) is 31.8 Å². The number of halogens is 8. The molecule has 12 aromatic rings. The molecule has 0 saturated carbocycles. The maximum absolute atomic E-state index is 15.4. The number of anilines is 9. The summed E-state index contributed by atoms with van der Waals surface area (Å²) in [5.41, 5.74) is 7.73. The van der Waals surface area contributed by atoms with Crippen LogP contribution in [0.2, 0.25) is 0 Å². The number of nitro groups is 1. The van der Waals surface area contributed by atoms with Crippen LogP contribution in [-0.2, 0) is 64.3 Å². The van der Waals surface area contributed by atoms with Crippen molar-refractivity contribution in [2.75, 3.05) is 167 Å². The van der Waals surface area contributed by atoms with Gasteiger partial charge in [0.2, 0.25) is 5.75 Å². The number of aromatic amines is 2. The minimum atomic E-state index is -6.03. The molecule has 45 heteroatoms. The lowest BCUT2D eigenvalue weighted by atomic mass is 9.77. The Morgan fingerprint density at radius 1 is 0.476 bits per heavy atom. The molecular formula is C98H113BBr2F6N20O15S. The quantitative estimate of drug-likeness (QED) is 0.0156. The van der Waals surface area contributed by atoms with Crippen molar-refractivity contribution in [1.29, 1.82) is 0 Å². The van der Waals surface area contributed by atoms with E-state index in [1.807, 2.05) is 82.7 Å². The summed E-state index contributed by atoms with van der Waals surface area (Å²) in [6.07, 6.45) is 22.3. The topological polar surface area (TPSA) is 401 Å². The molecular weight excluding hydrogens is 2010 g/mol. The fourth-order valence-electron chi connectivity index (χ4n) is 19.0. The number of ether oxygens (including phenoxy) is 5. The van der Waals surface area contributed by atoms with E-state index in [2.05, 4.69) is 118 Å². The van der Waals surface area contributed by atoms with Gasteiger partial charge in [-0.3, -0.25) is 24.6 Å². The van der Waals surface area contributed by atoms with Gasteiger partial charge in [0.25, 0.3) is 16.7 Å². The summed E-state index contributed by atoms with van der Waals surface area (Å²) in [5.74, 6) is -1.26. The number of pyridine rings is 7. The summed E-state index contributed by atoms with van der Waals surface area (Å²) in [4.78, 5) is 73.9. The first-order valence-electron chi connectivity index (χ1n) is 47.2. The molecule has 0 bridgehead atoms. The average molecular weight is 2130 g/mol. The lowest BCUT2D eigenvalue weighted by Gasteiger charge is -2.47. The number of hydrogen-bond donors (Lipinski definition) is 6. The SMILES string of the molecule is C1CC2(CCN1)COC2.CC1(C)OB(c2ccn[nH]2)OC1(C)C.Cn1c(=O)c(Nc2ccc(N3CCC4(CC3)COC4)cn2)cc2c(F)c(-c3ccn[nH]3)ccc21.Cn1c(=O)c(Nc2ccc(N3CCC4(CC3)COC4)cn2)cc2c(F)c(Br)ccc21.Cn1c(=O)c(OS(=O)(=O)C(F)(F)F)cc2c(F)c(Br)ccc21.Nc1ccc(N2CCC3(CC2)COC3)cn1.O=[N+]([O-])c1ccc(N2CCC3(CC2)COC3)cn1. The molecule has 35 nitrogen and oxygen atoms in total. The second kappa shape index (κ2) is 42.2. The third kappa shape index (κ3) is 22.6. The Balaban J connectivity index is 0.000000118. The van der Waals surface area contributed by atoms with E-state index in [0.29, 0.717) is 88.1 Å². The average Bonchev–Trinajstić information content (AvgIpc) is 1.70. The first kappa shape index (κ1) is 103. The van der Waals surface area contributed by atoms with Crippen molar-refractivity contribution < 1.29 is 76.9 Å². The van der Waals surface area contributed by atoms with Crippen molar-refractivity contribution in [2.24, 2.45) is 48.2 Å². The lowest BCUT2D eigenvalue weighted by Crippen LogP contribution is -2.50. The maximum Gasteiger partial charge on any atom is 0.534 e. The molecule has 3 aromatic carbocycles. The Kier molecular flexibility index (Phi) is 30.3. The van der Waals surface area contributed by atoms with E-state index in [4.69, 9.17) is 38.7 Å². The highest BCUT2D eigenvalue weighted by atomic mass is 79.9. The first-order chi connectivity index (χ1) is 68.2. The van der Waals surface area contributed by atoms with Crippen molar-refractivity contribution in [1.82, 2.24) is 59.3 Å². The monoisotopic (exact) mass is 2120 g/mol. The molecule has 143 heavy (non-hydrogen) atoms. The zero-order valence-corrected chi connectivity index (χ0v) is 84.1. The van der Waals surface area contributed by atoms with Crippen LogP contribution in [-0.4, -0.2) is 223 Å². The van der Waals surface area contributed by atoms with Gasteiger partial charge < -0.3 is 102 Å². The predicted octanol–water partition coefficient (Wildman–Crippen LogP) is 14.7. The van der Waals surface area contributed by atoms with E-state index < -0.39 is 49.3 Å². The molecule has 11 aliphatic heterocycles. The van der Waals surface area contributed by atoms with E-state index in [1.54, 1.807) is 75.2 Å². The van der Waals surface area contributed by atoms with E-state index in [1.165, 1.54) is 77.9 Å². The van der Waals surface area contributed by atoms with E-state index in [9.17, 15) is 54.9 Å². The molecule has 0 amide bonds. The van der Waals surface area contributed by atoms with Crippen molar-refractivity contribution >= 4 is 145 Å². The van der Waals surface area contributed by atoms with E-state index in [0.717, 1.165) is 191 Å². The van der Waals surface area contributed by atoms with Gasteiger partial charge in [-0.25, -0.2) is 28.1 Å². The molecule has 11 fully saturated rings. The third-order valence-corrected chi connectivity index (χ3v) is 31.6. The number of hydrogen-bond acceptors (Lipinski definition) is 29. The number of nitrogens with zero attached hydrogens (tertiary/aromatic N) is 14. The van der Waals surface area contributed by atoms with Crippen LogP contribution in [0.15, 0.2) is 176 Å². The summed E-state index contributed by atoms with van der Waals surface area (Å²) < 4.78 is 149. The minimum absolute atomic E-state index is 0.0109. The summed E-state index contributed by atoms with van der Waals surface area (Å²) >= 11 is 6.08. The Hall–Kier alpha value is -11.7. The summed E-state index contributed by atoms with van der Waals surface area (Å²) in [6.45, 7) is 27.9. The Bertz CT molecular complexity index is 6820. The zero-order chi connectivity index (χ0) is 101. The molecule has 20 heterocycles. The van der Waals surface area contributed by atoms with Crippen LogP contribution in [0.3, 0.4) is 0 Å². The number of alkyl halides is 3. The fraction of sp³-hybridized carbons (Fsp3) is 0.459. The molecule has 11 saturated heterocycles. The molecule has 0 unspecified atom stereocenters. The molecule has 760 valence electrons. The standard InChI is InChI=1S/C25H25FN6O2.C22H22BrFN4O2.C12H15N3O3.C12H17N3O.C11H6BrF4NO4S.C9H15BN2O2.C7H13NO/c1-31-21-4-3-17(19-6-9-28-30-19)23(26)18(21)12-20(24(31)33)29-22-5-2-16(13-27-22)32-10-7-25(8-11-32)14-34-15-25;1-27-18-4-3-16(23)20(24)15(18)10-17(21(27)29)26-19-5-2-14(11-25-19)28-8-6-22(7-9-28)12-30-13-22;16-15(17)11-2-1-10(7-13-11)14-5-3-12(4-6-14)8-18-9-12;13-11-2-1-10(7-14-11)15-5-3-12(4-6-15)8-16-9-12;1-17-7-3-2-6(12)9(13)5(7)4-8(10(17)18)21-22(19,20)11(14,15)16;1-8(2)9(3,4)14-10(13-8)7-5-6-11-12-7;1-3-8-4-2-7(1)5-9-6-7/h2-6,9,12-13H,7-8,10-11,14-15H2,1H3,(H,27,29)(H,28,30);2-5,10-11H,6-9,12-13H2,1H3,(H,25,26);1-2,7H,3-6,8-9H2;1-2,7H,3-6,8-9H2,(H2,13,14);2-4H,1H3;5-6H,1-4H3,(H,11,12);8H,1-6H2. The zero-order valence-electron chi connectivity index (χ0n) is 80.1. The summed E-state index contributed by atoms with van der Waals surface area (Å²) in [6, 6.07) is 31.5. The van der Waals surface area contributed by atoms with Crippen LogP contribution in [0.4, 0.5) is 83.7 Å². The van der Waals surface area contributed by atoms with Gasteiger partial charge in [0, 0.05) is 141 Å². The number of aryl methyl sites for hydroxylation is 3. The van der Waals surface area contributed by atoms with Crippen LogP contribution in [0.1, 0.15) is 91.9 Å². The summed E-state index contributed by atoms with van der Waals surface area (Å²) in [7, 11) is -1.94. The smallest absolute Gasteiger partial charge is 0.398 e. The number of benzene rings is 3. The molecule has 5 spiro atoms. The van der Waals surface area contributed by atoms with Crippen LogP contribution in [0.5, 0.6) is 5.75 Å². The normalized spacial score (nSPS) is 19.5. The van der Waals surface area contributed by atoms with Gasteiger partial charge in [0.05, 0.1) is 155 Å². The van der Waals surface area contributed by atoms with Crippen molar-refractivity contribution in [3.63, 3.8) is 0 Å². The molecule has 0 atom stereocenters. The molecule has 11 aliphatic rings. The van der Waals surface area contributed by atoms with Gasteiger partial charge in [0.15, 0.2) is 6.20 Å². The number of nitrogens with two attached hydrogens (primary N) is 1. The number of nitrogen functional groups attached to an aromatic ring is 1. The molecule has 7 N–H and O–H groups in total. The largest absolute Gasteiger partial charge is 0.534 e. The number of fused-ring (bicyclic) bond motifs is 3. The number of rotatable bonds is 13. The van der Waals surface area contributed by atoms with Gasteiger partial charge >= 0.3 is 28.6 Å². The third-order valence-electron chi connectivity index (χ3n) is 29.4. The second-order valence-electron chi connectivity index (χ2n) is 39.5. The Labute approximate surface area is 837 Å². The number of nitrogens with one attached hydrogen (secondary N) is 5. The van der Waals surface area contributed by atoms with Crippen molar-refractivity contribution in [2.45, 2.75) is 109 Å². The fourth-order valence-corrected chi connectivity index (χ4v) is 20.1. The molecule has 0 aliphatic carbocycles. The Morgan fingerprint density at radius 2 is 0.846 bits per heavy atom. The number of piperidine rings is 5. The van der Waals surface area contributed by atoms with Crippen molar-refractivity contribution in [3.8, 4) is 17.0 Å². The number of aromatic nitrogens is 11. The maximum atomic E-state index is 15.4. The first-order valence-corrected chi connectivity index (χ1v) is 50.2. The van der Waals surface area contributed by atoms with Gasteiger partial charge in [-0.05, 0) is 256 Å². The van der Waals surface area contributed by atoms with Gasteiger partial charge in [-0.15, -0.1) is 0 Å². The van der Waals surface area contributed by atoms with Crippen molar-refractivity contribution in [3.05, 3.63) is 220 Å². The van der Waals surface area contributed by atoms with E-state index >= 15 is 4.39 Å². The molecule has 9 aromatic heterocycles. The predicted molar refractivity (Wildman–Crippen MR) is 539 cm³/mol. The van der Waals surface area contributed by atoms with Crippen LogP contribution >= 0.6 is 31.9 Å². The second-order valence-corrected chi connectivity index (χ2v) is 42.8. The van der Waals surface area contributed by atoms with Crippen LogP contribution in [0.25, 0.3) is 44.0 Å². The van der Waals surface area contributed by atoms with Gasteiger partial charge in [-0.1, -0.05) is 0 Å². The highest BCUT2D eigenvalue weighted by molar-refractivity contribution is 9.10. The van der Waals surface area contributed by atoms with Crippen LogP contribution < -0.4 is 67.7 Å². The summed E-state index contributed by atoms with van der Waals surface area (Å²) in [5, 5.41) is 33.9. The Morgan fingerprint density at radius 3 is 1.19 bits per heavy atom. The van der Waals surface area contributed by atoms with Crippen LogP contribution in [0, 0.1) is 54.6 Å². The molecule has 0 radical (unpaired) electrons. The number of H-pyrrole nitrogens is 2. The van der Waals surface area contributed by atoms with E-state index in [-0.39, 0.29) is 62.0 Å². The lowest BCUT2D eigenvalue weighted by molar-refractivity contribution is -0.389. The highest BCUT2D eigenvalue weighted by Crippen LogP contribution is 2.46. The van der Waals surface area contributed by atoms with Gasteiger partial charge in [0.1, 0.15) is 46.3 Å².